The van der Waals surface area contributed by atoms with Crippen molar-refractivity contribution >= 4 is 0 Å². The van der Waals surface area contributed by atoms with Gasteiger partial charge in [-0.15, -0.1) is 0 Å². The zero-order valence-corrected chi connectivity index (χ0v) is 22.5. The maximum absolute atomic E-state index is 6.13. The second-order valence-electron chi connectivity index (χ2n) is 9.96. The Balaban J connectivity index is 2.32. The third kappa shape index (κ3) is 14.8. The standard InChI is InChI=1S/C31H56O2/c1-4-7-9-11-13-15-17-19-23-28-32-29-27-31(26-22-20-24-30(31)33-6-3)25-21-18-16-14-12-10-8-5-2/h20,22,24,26-27,29-30H,4-19,21,23,25,28H2,1-3H3. The average Bonchev–Trinajstić information content (AvgIpc) is 2.83. The lowest BCUT2D eigenvalue weighted by Gasteiger charge is -2.36. The van der Waals surface area contributed by atoms with E-state index in [1.165, 1.54) is 103 Å². The summed E-state index contributed by atoms with van der Waals surface area (Å²) < 4.78 is 12.1. The van der Waals surface area contributed by atoms with Gasteiger partial charge in [-0.05, 0) is 25.8 Å². The lowest BCUT2D eigenvalue weighted by molar-refractivity contribution is 0.0329. The first-order valence-corrected chi connectivity index (χ1v) is 14.6. The number of hydrogen-bond donors (Lipinski definition) is 0. The second kappa shape index (κ2) is 21.5. The molecule has 0 saturated carbocycles. The van der Waals surface area contributed by atoms with Gasteiger partial charge in [0.15, 0.2) is 0 Å². The van der Waals surface area contributed by atoms with E-state index in [2.05, 4.69) is 51.2 Å². The van der Waals surface area contributed by atoms with Crippen molar-refractivity contribution in [2.24, 2.45) is 5.41 Å². The molecule has 0 aliphatic heterocycles. The Morgan fingerprint density at radius 3 is 1.79 bits per heavy atom. The molecule has 0 aromatic carbocycles. The van der Waals surface area contributed by atoms with E-state index in [4.69, 9.17) is 9.47 Å². The first-order valence-electron chi connectivity index (χ1n) is 14.6. The van der Waals surface area contributed by atoms with Gasteiger partial charge in [0, 0.05) is 12.0 Å². The molecule has 1 aliphatic rings. The van der Waals surface area contributed by atoms with Crippen LogP contribution in [0.3, 0.4) is 0 Å². The second-order valence-corrected chi connectivity index (χ2v) is 9.96. The van der Waals surface area contributed by atoms with Gasteiger partial charge in [0.25, 0.3) is 0 Å². The van der Waals surface area contributed by atoms with Crippen molar-refractivity contribution in [3.63, 3.8) is 0 Å². The summed E-state index contributed by atoms with van der Waals surface area (Å²) >= 11 is 0. The molecule has 2 heteroatoms. The SMILES string of the molecule is CCCCCCCCCCCOC=CC1(CCCCCCCCCC)C=CC=CC1OCC. The van der Waals surface area contributed by atoms with Crippen LogP contribution < -0.4 is 0 Å². The fourth-order valence-corrected chi connectivity index (χ4v) is 4.83. The highest BCUT2D eigenvalue weighted by Gasteiger charge is 2.34. The fourth-order valence-electron chi connectivity index (χ4n) is 4.83. The number of allylic oxidation sites excluding steroid dienone is 2. The van der Waals surface area contributed by atoms with Crippen LogP contribution in [0.25, 0.3) is 0 Å². The summed E-state index contributed by atoms with van der Waals surface area (Å²) in [5, 5.41) is 0. The Morgan fingerprint density at radius 1 is 0.667 bits per heavy atom. The Bertz CT molecular complexity index is 507. The molecule has 0 fully saturated rings. The van der Waals surface area contributed by atoms with Gasteiger partial charge in [0.2, 0.25) is 0 Å². The Labute approximate surface area is 207 Å². The molecule has 0 aromatic heterocycles. The number of rotatable bonds is 23. The summed E-state index contributed by atoms with van der Waals surface area (Å²) in [6.45, 7) is 8.24. The molecule has 1 aliphatic carbocycles. The van der Waals surface area contributed by atoms with Gasteiger partial charge in [-0.2, -0.15) is 0 Å². The molecule has 0 amide bonds. The molecule has 33 heavy (non-hydrogen) atoms. The number of hydrogen-bond acceptors (Lipinski definition) is 2. The Kier molecular flexibility index (Phi) is 19.6. The van der Waals surface area contributed by atoms with Gasteiger partial charge in [0.05, 0.1) is 19.0 Å². The molecule has 2 atom stereocenters. The highest BCUT2D eigenvalue weighted by Crippen LogP contribution is 2.38. The average molecular weight is 461 g/mol. The molecular formula is C31H56O2. The smallest absolute Gasteiger partial charge is 0.0885 e. The topological polar surface area (TPSA) is 18.5 Å². The van der Waals surface area contributed by atoms with Crippen LogP contribution in [0.1, 0.15) is 136 Å². The van der Waals surface area contributed by atoms with Gasteiger partial charge in [-0.25, -0.2) is 0 Å². The van der Waals surface area contributed by atoms with E-state index in [1.54, 1.807) is 0 Å². The van der Waals surface area contributed by atoms with Gasteiger partial charge < -0.3 is 9.47 Å². The maximum atomic E-state index is 6.13. The normalized spacial score (nSPS) is 20.2. The predicted octanol–water partition coefficient (Wildman–Crippen LogP) is 10.1. The van der Waals surface area contributed by atoms with Gasteiger partial charge in [0.1, 0.15) is 0 Å². The lowest BCUT2D eigenvalue weighted by Crippen LogP contribution is -2.34. The largest absolute Gasteiger partial charge is 0.501 e. The molecule has 0 radical (unpaired) electrons. The van der Waals surface area contributed by atoms with E-state index in [1.807, 2.05) is 6.26 Å². The van der Waals surface area contributed by atoms with E-state index < -0.39 is 0 Å². The number of unbranched alkanes of at least 4 members (excludes halogenated alkanes) is 15. The van der Waals surface area contributed by atoms with Crippen molar-refractivity contribution in [2.75, 3.05) is 13.2 Å². The number of ether oxygens (including phenoxy) is 2. The zero-order valence-electron chi connectivity index (χ0n) is 22.5. The summed E-state index contributed by atoms with van der Waals surface area (Å²) in [5.74, 6) is 0. The Hall–Kier alpha value is -1.02. The van der Waals surface area contributed by atoms with Crippen molar-refractivity contribution in [3.8, 4) is 0 Å². The predicted molar refractivity (Wildman–Crippen MR) is 146 cm³/mol. The van der Waals surface area contributed by atoms with Crippen LogP contribution in [0.5, 0.6) is 0 Å². The Morgan fingerprint density at radius 2 is 1.21 bits per heavy atom. The van der Waals surface area contributed by atoms with Crippen LogP contribution in [-0.2, 0) is 9.47 Å². The van der Waals surface area contributed by atoms with Crippen LogP contribution in [0.15, 0.2) is 36.6 Å². The van der Waals surface area contributed by atoms with Crippen molar-refractivity contribution in [1.29, 1.82) is 0 Å². The highest BCUT2D eigenvalue weighted by atomic mass is 16.5. The van der Waals surface area contributed by atoms with Gasteiger partial charge in [-0.1, -0.05) is 141 Å². The van der Waals surface area contributed by atoms with Crippen molar-refractivity contribution < 1.29 is 9.47 Å². The monoisotopic (exact) mass is 460 g/mol. The van der Waals surface area contributed by atoms with Crippen molar-refractivity contribution in [1.82, 2.24) is 0 Å². The zero-order chi connectivity index (χ0) is 23.9. The molecule has 2 unspecified atom stereocenters. The minimum absolute atomic E-state index is 0.0640. The van der Waals surface area contributed by atoms with Gasteiger partial charge >= 0.3 is 0 Å². The van der Waals surface area contributed by atoms with Crippen LogP contribution in [0.2, 0.25) is 0 Å². The van der Waals surface area contributed by atoms with Crippen molar-refractivity contribution in [3.05, 3.63) is 36.6 Å². The third-order valence-corrected chi connectivity index (χ3v) is 6.98. The summed E-state index contributed by atoms with van der Waals surface area (Å²) in [7, 11) is 0. The molecule has 2 nitrogen and oxygen atoms in total. The van der Waals surface area contributed by atoms with E-state index >= 15 is 0 Å². The maximum Gasteiger partial charge on any atom is 0.0885 e. The summed E-state index contributed by atoms with van der Waals surface area (Å²) in [4.78, 5) is 0. The first-order chi connectivity index (χ1) is 16.3. The molecule has 192 valence electrons. The molecule has 0 saturated heterocycles. The fraction of sp³-hybridized carbons (Fsp3) is 0.806. The van der Waals surface area contributed by atoms with E-state index in [9.17, 15) is 0 Å². The summed E-state index contributed by atoms with van der Waals surface area (Å²) in [6, 6.07) is 0. The lowest BCUT2D eigenvalue weighted by atomic mass is 9.75. The molecule has 0 N–H and O–H groups in total. The molecule has 0 aromatic rings. The minimum atomic E-state index is -0.0640. The van der Waals surface area contributed by atoms with Crippen molar-refractivity contribution in [2.45, 2.75) is 142 Å². The van der Waals surface area contributed by atoms with E-state index in [0.29, 0.717) is 0 Å². The first kappa shape index (κ1) is 30.0. The van der Waals surface area contributed by atoms with Crippen LogP contribution in [-0.4, -0.2) is 19.3 Å². The molecule has 0 heterocycles. The summed E-state index contributed by atoms with van der Waals surface area (Å²) in [5.41, 5.74) is -0.0640. The molecule has 0 bridgehead atoms. The van der Waals surface area contributed by atoms with Gasteiger partial charge in [-0.3, -0.25) is 0 Å². The molecule has 1 rings (SSSR count). The molecule has 0 spiro atoms. The van der Waals surface area contributed by atoms with E-state index in [-0.39, 0.29) is 11.5 Å². The van der Waals surface area contributed by atoms with Crippen LogP contribution in [0, 0.1) is 5.41 Å². The van der Waals surface area contributed by atoms with E-state index in [0.717, 1.165) is 26.1 Å². The molecular weight excluding hydrogens is 404 g/mol. The minimum Gasteiger partial charge on any atom is -0.501 e. The van der Waals surface area contributed by atoms with Crippen LogP contribution >= 0.6 is 0 Å². The van der Waals surface area contributed by atoms with Crippen LogP contribution in [0.4, 0.5) is 0 Å². The third-order valence-electron chi connectivity index (χ3n) is 6.98. The highest BCUT2D eigenvalue weighted by molar-refractivity contribution is 5.26. The quantitative estimate of drug-likeness (QED) is 0.111. The summed E-state index contributed by atoms with van der Waals surface area (Å²) in [6.07, 6.45) is 37.3.